The van der Waals surface area contributed by atoms with Crippen LogP contribution in [-0.4, -0.2) is 11.0 Å². The van der Waals surface area contributed by atoms with Crippen LogP contribution < -0.4 is 10.3 Å². The van der Waals surface area contributed by atoms with Crippen molar-refractivity contribution < 1.29 is 14.5 Å². The van der Waals surface area contributed by atoms with Gasteiger partial charge in [-0.2, -0.15) is 0 Å². The maximum Gasteiger partial charge on any atom is 0.221 e. The van der Waals surface area contributed by atoms with Crippen molar-refractivity contribution in [2.45, 2.75) is 13.3 Å². The Morgan fingerprint density at radius 1 is 0.909 bits per heavy atom. The highest BCUT2D eigenvalue weighted by Gasteiger charge is 1.89. The minimum Gasteiger partial charge on any atom is -0.508 e. The quantitative estimate of drug-likeness (QED) is 0.382. The minimum absolute atomic E-state index is 0.278. The van der Waals surface area contributed by atoms with Crippen LogP contribution in [0.3, 0.4) is 0 Å². The van der Waals surface area contributed by atoms with E-state index >= 15 is 0 Å². The predicted molar refractivity (Wildman–Crippen MR) is 141 cm³/mol. The fourth-order valence-electron chi connectivity index (χ4n) is 2.28. The molecule has 0 aliphatic rings. The Morgan fingerprint density at radius 3 is 1.85 bits per heavy atom. The molecule has 4 heteroatoms. The number of nitrogens with two attached hydrogens (primary N) is 1. The number of rotatable bonds is 5. The highest BCUT2D eigenvalue weighted by molar-refractivity contribution is 5.75. The number of carbonyl (C=O) groups excluding carboxylic acids is 1. The van der Waals surface area contributed by atoms with Gasteiger partial charge in [0, 0.05) is 18.1 Å². The third-order valence-electron chi connectivity index (χ3n) is 3.95. The molecule has 2 aromatic carbocycles. The van der Waals surface area contributed by atoms with E-state index in [-0.39, 0.29) is 12.3 Å². The number of carbonyl (C=O) groups is 1. The summed E-state index contributed by atoms with van der Waals surface area (Å²) in [6, 6.07) is 19.2. The van der Waals surface area contributed by atoms with Crippen LogP contribution in [0.1, 0.15) is 28.7 Å². The maximum absolute atomic E-state index is 9.75. The monoisotopic (exact) mass is 443 g/mol. The van der Waals surface area contributed by atoms with Crippen molar-refractivity contribution in [2.75, 3.05) is 0 Å². The minimum atomic E-state index is -0.329. The van der Waals surface area contributed by atoms with E-state index in [1.165, 1.54) is 17.2 Å². The van der Waals surface area contributed by atoms with Crippen LogP contribution in [0.5, 0.6) is 5.75 Å². The number of nitrogens with zero attached hydrogens (tertiary/aromatic N) is 1. The molecule has 3 rings (SSSR count). The van der Waals surface area contributed by atoms with Gasteiger partial charge in [-0.3, -0.25) is 4.79 Å². The summed E-state index contributed by atoms with van der Waals surface area (Å²) in [5.41, 5.74) is 9.34. The molecule has 0 radical (unpaired) electrons. The third-order valence-corrected chi connectivity index (χ3v) is 3.95. The topological polar surface area (TPSA) is 67.2 Å². The summed E-state index contributed by atoms with van der Waals surface area (Å²) < 4.78 is 2.00. The molecule has 0 aliphatic carbocycles. The van der Waals surface area contributed by atoms with Crippen molar-refractivity contribution in [1.82, 2.24) is 0 Å². The van der Waals surface area contributed by atoms with E-state index in [1.54, 1.807) is 18.2 Å². The fraction of sp³-hybridized carbons (Fsp3) is 0.103. The van der Waals surface area contributed by atoms with E-state index in [1.807, 2.05) is 72.6 Å². The molecular weight excluding hydrogens is 408 g/mol. The Bertz CT molecular complexity index is 972. The van der Waals surface area contributed by atoms with Crippen molar-refractivity contribution in [1.29, 1.82) is 0 Å². The number of hydrogen-bond donors (Lipinski definition) is 2. The van der Waals surface area contributed by atoms with Crippen molar-refractivity contribution in [2.24, 2.45) is 12.8 Å². The number of aromatic nitrogens is 1. The average Bonchev–Trinajstić information content (AvgIpc) is 2.81. The first-order chi connectivity index (χ1) is 15.7. The Morgan fingerprint density at radius 2 is 1.48 bits per heavy atom. The molecule has 1 aromatic heterocycles. The van der Waals surface area contributed by atoms with Gasteiger partial charge in [-0.25, -0.2) is 4.57 Å². The Kier molecular flexibility index (Phi) is 15.3. The summed E-state index contributed by atoms with van der Waals surface area (Å²) in [5, 5.41) is 8.82. The molecule has 0 bridgehead atoms. The van der Waals surface area contributed by atoms with E-state index in [4.69, 9.17) is 10.8 Å². The van der Waals surface area contributed by atoms with Gasteiger partial charge in [0.2, 0.25) is 5.91 Å². The standard InChI is InChI=1S/C9H10.C8H10N.C8H8O.C4H7NO/c1-3-9-6-4-5-8(2)7-9;1-3-8-5-4-6-9(2)7-8;1-2-7-3-5-8(9)6-4-7;1-2-3-4(5)6/h2*3-7H,1H2,2H3;2-6,9H,1H2;2H,1,3H2,(H2,5,6)/q;+1;;. The molecule has 0 unspecified atom stereocenters. The molecule has 172 valence electrons. The molecule has 0 spiro atoms. The van der Waals surface area contributed by atoms with Gasteiger partial charge < -0.3 is 10.8 Å². The number of aryl methyl sites for hydroxylation is 2. The van der Waals surface area contributed by atoms with Gasteiger partial charge in [-0.1, -0.05) is 86.0 Å². The lowest BCUT2D eigenvalue weighted by Gasteiger charge is -1.92. The number of phenolic OH excluding ortho intramolecular Hbond substituents is 1. The van der Waals surface area contributed by atoms with Crippen LogP contribution in [-0.2, 0) is 11.8 Å². The molecular formula is C29H35N2O2+. The zero-order valence-corrected chi connectivity index (χ0v) is 19.7. The summed E-state index contributed by atoms with van der Waals surface area (Å²) in [4.78, 5) is 9.75. The number of pyridine rings is 1. The first-order valence-corrected chi connectivity index (χ1v) is 10.3. The van der Waals surface area contributed by atoms with Crippen LogP contribution in [0.4, 0.5) is 0 Å². The zero-order chi connectivity index (χ0) is 25.1. The van der Waals surface area contributed by atoms with Gasteiger partial charge in [-0.15, -0.1) is 6.58 Å². The normalized spacial score (nSPS) is 8.67. The van der Waals surface area contributed by atoms with Crippen LogP contribution in [0.15, 0.2) is 105 Å². The molecule has 0 fully saturated rings. The second-order valence-electron chi connectivity index (χ2n) is 6.88. The van der Waals surface area contributed by atoms with Crippen LogP contribution in [0, 0.1) is 6.92 Å². The van der Waals surface area contributed by atoms with Crippen molar-refractivity contribution in [3.63, 3.8) is 0 Å². The summed E-state index contributed by atoms with van der Waals surface area (Å²) in [6.07, 6.45) is 11.2. The predicted octanol–water partition coefficient (Wildman–Crippen LogP) is 5.88. The summed E-state index contributed by atoms with van der Waals surface area (Å²) in [5.74, 6) is -0.0365. The molecule has 1 amide bonds. The Labute approximate surface area is 198 Å². The lowest BCUT2D eigenvalue weighted by Crippen LogP contribution is -2.26. The van der Waals surface area contributed by atoms with Gasteiger partial charge in [0.15, 0.2) is 12.4 Å². The SMILES string of the molecule is C=CCC(N)=O.C=Cc1ccc(O)cc1.C=Cc1ccc[n+](C)c1.C=Cc1cccc(C)c1. The van der Waals surface area contributed by atoms with E-state index in [0.717, 1.165) is 11.1 Å². The van der Waals surface area contributed by atoms with Gasteiger partial charge in [0.25, 0.3) is 0 Å². The molecule has 0 saturated carbocycles. The molecule has 4 nitrogen and oxygen atoms in total. The lowest BCUT2D eigenvalue weighted by atomic mass is 10.1. The molecule has 0 atom stereocenters. The highest BCUT2D eigenvalue weighted by atomic mass is 16.3. The maximum atomic E-state index is 9.75. The number of benzene rings is 2. The highest BCUT2D eigenvalue weighted by Crippen LogP contribution is 2.09. The molecule has 3 N–H and O–H groups in total. The third kappa shape index (κ3) is 15.3. The summed E-state index contributed by atoms with van der Waals surface area (Å²) >= 11 is 0. The molecule has 33 heavy (non-hydrogen) atoms. The number of amides is 1. The van der Waals surface area contributed by atoms with E-state index in [9.17, 15) is 4.79 Å². The molecule has 0 saturated heterocycles. The number of hydrogen-bond acceptors (Lipinski definition) is 2. The van der Waals surface area contributed by atoms with Gasteiger partial charge in [0.05, 0.1) is 0 Å². The van der Waals surface area contributed by atoms with Crippen LogP contribution in [0.25, 0.3) is 18.2 Å². The van der Waals surface area contributed by atoms with E-state index < -0.39 is 0 Å². The molecule has 3 aromatic rings. The second kappa shape index (κ2) is 17.5. The Hall–Kier alpha value is -4.18. The van der Waals surface area contributed by atoms with Crippen molar-refractivity contribution in [3.8, 4) is 5.75 Å². The molecule has 0 aliphatic heterocycles. The van der Waals surface area contributed by atoms with Crippen molar-refractivity contribution in [3.05, 3.63) is 128 Å². The van der Waals surface area contributed by atoms with Gasteiger partial charge in [0.1, 0.15) is 12.8 Å². The molecule has 1 heterocycles. The van der Waals surface area contributed by atoms with E-state index in [2.05, 4.69) is 45.4 Å². The smallest absolute Gasteiger partial charge is 0.221 e. The Balaban J connectivity index is 0.000000419. The number of phenols is 1. The van der Waals surface area contributed by atoms with Crippen LogP contribution >= 0.6 is 0 Å². The van der Waals surface area contributed by atoms with Crippen molar-refractivity contribution >= 4 is 24.1 Å². The number of primary amides is 1. The largest absolute Gasteiger partial charge is 0.508 e. The fourth-order valence-corrected chi connectivity index (χ4v) is 2.28. The zero-order valence-electron chi connectivity index (χ0n) is 19.7. The van der Waals surface area contributed by atoms with E-state index in [0.29, 0.717) is 5.75 Å². The second-order valence-corrected chi connectivity index (χ2v) is 6.88. The first-order valence-electron chi connectivity index (χ1n) is 10.3. The summed E-state index contributed by atoms with van der Waals surface area (Å²) in [7, 11) is 1.99. The van der Waals surface area contributed by atoms with Gasteiger partial charge >= 0.3 is 0 Å². The number of aromatic hydroxyl groups is 1. The lowest BCUT2D eigenvalue weighted by molar-refractivity contribution is -0.671. The van der Waals surface area contributed by atoms with Gasteiger partial charge in [-0.05, 0) is 36.2 Å². The first kappa shape index (κ1) is 28.8. The summed E-state index contributed by atoms with van der Waals surface area (Å²) in [6.45, 7) is 16.3. The average molecular weight is 444 g/mol. The van der Waals surface area contributed by atoms with Crippen LogP contribution in [0.2, 0.25) is 0 Å².